The zero-order valence-electron chi connectivity index (χ0n) is 18.3. The monoisotopic (exact) mass is 454 g/mol. The van der Waals surface area contributed by atoms with Crippen molar-refractivity contribution in [3.05, 3.63) is 60.7 Å². The van der Waals surface area contributed by atoms with Gasteiger partial charge in [0.15, 0.2) is 0 Å². The normalized spacial score (nSPS) is 25.0. The number of nitrogens with zero attached hydrogens (tertiary/aromatic N) is 2. The van der Waals surface area contributed by atoms with Crippen molar-refractivity contribution in [1.29, 1.82) is 0 Å². The number of nitrogens with one attached hydrogen (secondary N) is 2. The molecule has 176 valence electrons. The van der Waals surface area contributed by atoms with E-state index in [1.54, 1.807) is 29.2 Å². The molecule has 0 aromatic heterocycles. The van der Waals surface area contributed by atoms with Gasteiger partial charge in [-0.2, -0.15) is 0 Å². The minimum Gasteiger partial charge on any atom is -0.388 e. The lowest BCUT2D eigenvalue weighted by Gasteiger charge is -2.36. The Balaban J connectivity index is 1.22. The van der Waals surface area contributed by atoms with E-state index in [1.807, 2.05) is 24.3 Å². The van der Waals surface area contributed by atoms with Crippen molar-refractivity contribution >= 4 is 23.3 Å². The second-order valence-electron chi connectivity index (χ2n) is 8.30. The topological polar surface area (TPSA) is 114 Å². The smallest absolute Gasteiger partial charge is 0.319 e. The van der Waals surface area contributed by atoms with Gasteiger partial charge in [0, 0.05) is 44.1 Å². The molecule has 0 spiro atoms. The van der Waals surface area contributed by atoms with E-state index in [9.17, 15) is 19.8 Å². The molecule has 0 unspecified atom stereocenters. The number of carbonyl (C=O) groups excluding carboxylic acids is 2. The van der Waals surface area contributed by atoms with Crippen molar-refractivity contribution in [2.75, 3.05) is 42.9 Å². The summed E-state index contributed by atoms with van der Waals surface area (Å²) in [5.41, 5.74) is 1.77. The van der Waals surface area contributed by atoms with Crippen LogP contribution in [0.25, 0.3) is 0 Å². The Bertz CT molecular complexity index is 921. The number of carbonyl (C=O) groups is 2. The van der Waals surface area contributed by atoms with Crippen LogP contribution < -0.4 is 15.5 Å². The fourth-order valence-corrected chi connectivity index (χ4v) is 4.21. The second-order valence-corrected chi connectivity index (χ2v) is 8.30. The van der Waals surface area contributed by atoms with Crippen LogP contribution in [0.3, 0.4) is 0 Å². The number of aliphatic hydroxyl groups is 2. The Morgan fingerprint density at radius 1 is 0.879 bits per heavy atom. The minimum absolute atomic E-state index is 0.0112. The summed E-state index contributed by atoms with van der Waals surface area (Å²) in [5.74, 6) is -0.116. The summed E-state index contributed by atoms with van der Waals surface area (Å²) in [7, 11) is 0. The van der Waals surface area contributed by atoms with Crippen LogP contribution in [-0.4, -0.2) is 84.2 Å². The molecule has 2 saturated heterocycles. The van der Waals surface area contributed by atoms with Gasteiger partial charge in [-0.3, -0.25) is 4.79 Å². The van der Waals surface area contributed by atoms with E-state index in [-0.39, 0.29) is 18.9 Å². The number of ether oxygens (including phenoxy) is 1. The lowest BCUT2D eigenvalue weighted by molar-refractivity contribution is -0.135. The standard InChI is InChI=1S/C24H30N4O5/c29-21(28-13-11-27(12-14-28)18-9-5-2-6-10-18)15-19-22(30)23(31)20(33-19)16-25-24(32)26-17-7-3-1-4-8-17/h1-10,19-20,22-23,30-31H,11-16H2,(H2,25,26,32)/t19-,20+,22-,23+/m0/s1. The van der Waals surface area contributed by atoms with E-state index in [4.69, 9.17) is 4.74 Å². The molecule has 0 bridgehead atoms. The fraction of sp³-hybridized carbons (Fsp3) is 0.417. The van der Waals surface area contributed by atoms with Crippen LogP contribution in [0.2, 0.25) is 0 Å². The number of rotatable bonds is 6. The first kappa shape index (κ1) is 23.0. The molecular formula is C24H30N4O5. The third-order valence-electron chi connectivity index (χ3n) is 6.09. The predicted octanol–water partition coefficient (Wildman–Crippen LogP) is 1.04. The molecule has 33 heavy (non-hydrogen) atoms. The van der Waals surface area contributed by atoms with Crippen LogP contribution >= 0.6 is 0 Å². The summed E-state index contributed by atoms with van der Waals surface area (Å²) in [4.78, 5) is 28.8. The number of para-hydroxylation sites is 2. The maximum Gasteiger partial charge on any atom is 0.319 e. The summed E-state index contributed by atoms with van der Waals surface area (Å²) < 4.78 is 5.74. The van der Waals surface area contributed by atoms with Crippen molar-refractivity contribution in [1.82, 2.24) is 10.2 Å². The number of piperazine rings is 1. The first-order valence-corrected chi connectivity index (χ1v) is 11.2. The largest absolute Gasteiger partial charge is 0.388 e. The molecule has 4 N–H and O–H groups in total. The quantitative estimate of drug-likeness (QED) is 0.519. The van der Waals surface area contributed by atoms with Gasteiger partial charge in [-0.1, -0.05) is 36.4 Å². The van der Waals surface area contributed by atoms with Gasteiger partial charge < -0.3 is 35.4 Å². The Morgan fingerprint density at radius 3 is 2.15 bits per heavy atom. The average molecular weight is 455 g/mol. The van der Waals surface area contributed by atoms with Crippen LogP contribution in [0.1, 0.15) is 6.42 Å². The van der Waals surface area contributed by atoms with Crippen molar-refractivity contribution in [2.45, 2.75) is 30.8 Å². The summed E-state index contributed by atoms with van der Waals surface area (Å²) in [6.07, 6.45) is -4.01. The number of hydrogen-bond acceptors (Lipinski definition) is 6. The molecule has 0 aliphatic carbocycles. The van der Waals surface area contributed by atoms with E-state index in [1.165, 1.54) is 0 Å². The molecule has 9 heteroatoms. The van der Waals surface area contributed by atoms with Crippen LogP contribution in [-0.2, 0) is 9.53 Å². The van der Waals surface area contributed by atoms with Gasteiger partial charge in [0.2, 0.25) is 5.91 Å². The zero-order chi connectivity index (χ0) is 23.2. The van der Waals surface area contributed by atoms with Crippen LogP contribution in [0.4, 0.5) is 16.2 Å². The predicted molar refractivity (Wildman–Crippen MR) is 124 cm³/mol. The van der Waals surface area contributed by atoms with E-state index >= 15 is 0 Å². The Morgan fingerprint density at radius 2 is 1.48 bits per heavy atom. The molecule has 2 aliphatic rings. The number of anilines is 2. The number of hydrogen-bond donors (Lipinski definition) is 4. The van der Waals surface area contributed by atoms with E-state index < -0.39 is 30.4 Å². The molecule has 2 aromatic rings. The Kier molecular flexibility index (Phi) is 7.43. The van der Waals surface area contributed by atoms with Gasteiger partial charge in [-0.15, -0.1) is 0 Å². The zero-order valence-corrected chi connectivity index (χ0v) is 18.3. The average Bonchev–Trinajstić information content (AvgIpc) is 3.12. The van der Waals surface area contributed by atoms with Crippen LogP contribution in [0, 0.1) is 0 Å². The van der Waals surface area contributed by atoms with Gasteiger partial charge in [0.05, 0.1) is 12.5 Å². The van der Waals surface area contributed by atoms with Crippen molar-refractivity contribution in [3.63, 3.8) is 0 Å². The fourth-order valence-electron chi connectivity index (χ4n) is 4.21. The van der Waals surface area contributed by atoms with E-state index in [0.29, 0.717) is 18.8 Å². The molecule has 0 radical (unpaired) electrons. The first-order chi connectivity index (χ1) is 16.0. The highest BCUT2D eigenvalue weighted by atomic mass is 16.5. The molecule has 4 atom stereocenters. The Hall–Kier alpha value is -3.14. The number of urea groups is 1. The van der Waals surface area contributed by atoms with Gasteiger partial charge in [-0.05, 0) is 24.3 Å². The van der Waals surface area contributed by atoms with Crippen molar-refractivity contribution in [2.24, 2.45) is 0 Å². The molecule has 4 rings (SSSR count). The molecule has 2 aliphatic heterocycles. The minimum atomic E-state index is -1.19. The first-order valence-electron chi connectivity index (χ1n) is 11.2. The lowest BCUT2D eigenvalue weighted by atomic mass is 10.0. The third-order valence-corrected chi connectivity index (χ3v) is 6.09. The van der Waals surface area contributed by atoms with E-state index in [2.05, 4.69) is 27.7 Å². The lowest BCUT2D eigenvalue weighted by Crippen LogP contribution is -2.49. The van der Waals surface area contributed by atoms with Gasteiger partial charge >= 0.3 is 6.03 Å². The van der Waals surface area contributed by atoms with Crippen molar-refractivity contribution in [3.8, 4) is 0 Å². The summed E-state index contributed by atoms with van der Waals surface area (Å²) in [5, 5.41) is 26.0. The number of aliphatic hydroxyl groups excluding tert-OH is 2. The maximum atomic E-state index is 12.8. The van der Waals surface area contributed by atoms with Gasteiger partial charge in [0.1, 0.15) is 18.3 Å². The molecule has 2 fully saturated rings. The second kappa shape index (κ2) is 10.7. The van der Waals surface area contributed by atoms with Crippen LogP contribution in [0.15, 0.2) is 60.7 Å². The molecule has 9 nitrogen and oxygen atoms in total. The Labute approximate surface area is 193 Å². The SMILES string of the molecule is O=C(NC[C@H]1O[C@@H](CC(=O)N2CCN(c3ccccc3)CC2)[C@H](O)[C@@H]1O)Nc1ccccc1. The highest BCUT2D eigenvalue weighted by molar-refractivity contribution is 5.89. The highest BCUT2D eigenvalue weighted by Gasteiger charge is 2.44. The maximum absolute atomic E-state index is 12.8. The third kappa shape index (κ3) is 5.81. The molecular weight excluding hydrogens is 424 g/mol. The van der Waals surface area contributed by atoms with E-state index in [0.717, 1.165) is 18.8 Å². The van der Waals surface area contributed by atoms with Gasteiger partial charge in [-0.25, -0.2) is 4.79 Å². The van der Waals surface area contributed by atoms with Crippen molar-refractivity contribution < 1.29 is 24.5 Å². The highest BCUT2D eigenvalue weighted by Crippen LogP contribution is 2.25. The molecule has 3 amide bonds. The number of benzene rings is 2. The molecule has 2 aromatic carbocycles. The number of amides is 3. The molecule has 0 saturated carbocycles. The van der Waals surface area contributed by atoms with Crippen LogP contribution in [0.5, 0.6) is 0 Å². The summed E-state index contributed by atoms with van der Waals surface area (Å²) >= 11 is 0. The summed E-state index contributed by atoms with van der Waals surface area (Å²) in [6.45, 7) is 2.65. The molecule has 2 heterocycles. The summed E-state index contributed by atoms with van der Waals surface area (Å²) in [6, 6.07) is 18.6. The van der Waals surface area contributed by atoms with Gasteiger partial charge in [0.25, 0.3) is 0 Å².